The van der Waals surface area contributed by atoms with Crippen molar-refractivity contribution in [1.82, 2.24) is 0 Å². The van der Waals surface area contributed by atoms with E-state index in [4.69, 9.17) is 15.2 Å². The van der Waals surface area contributed by atoms with Gasteiger partial charge in [0.05, 0.1) is 41.6 Å². The molecule has 0 spiro atoms. The Morgan fingerprint density at radius 1 is 0.879 bits per heavy atom. The Balaban J connectivity index is 0.00000306. The number of hydrogen-bond donors (Lipinski definition) is 2. The maximum Gasteiger partial charge on any atom is 1.00 e. The van der Waals surface area contributed by atoms with Gasteiger partial charge >= 0.3 is 29.6 Å². The molecule has 3 aromatic carbocycles. The van der Waals surface area contributed by atoms with Gasteiger partial charge in [-0.3, -0.25) is 9.59 Å². The van der Waals surface area contributed by atoms with E-state index in [0.29, 0.717) is 17.2 Å². The molecule has 9 nitrogen and oxygen atoms in total. The van der Waals surface area contributed by atoms with Crippen LogP contribution in [-0.4, -0.2) is 38.8 Å². The molecule has 0 saturated heterocycles. The third-order valence-corrected chi connectivity index (χ3v) is 6.01. The number of hydrogen-bond acceptors (Lipinski definition) is 9. The smallest absolute Gasteiger partial charge is 0.744 e. The van der Waals surface area contributed by atoms with E-state index in [9.17, 15) is 22.6 Å². The zero-order valence-corrected chi connectivity index (χ0v) is 20.8. The molecule has 0 bridgehead atoms. The minimum absolute atomic E-state index is 0. The van der Waals surface area contributed by atoms with Gasteiger partial charge in [-0.2, -0.15) is 0 Å². The Morgan fingerprint density at radius 2 is 1.45 bits per heavy atom. The third kappa shape index (κ3) is 4.23. The molecule has 1 aliphatic rings. The molecule has 0 amide bonds. The number of benzene rings is 3. The zero-order valence-electron chi connectivity index (χ0n) is 18.0. The van der Waals surface area contributed by atoms with Crippen molar-refractivity contribution in [1.29, 1.82) is 0 Å². The largest absolute Gasteiger partial charge is 1.00 e. The van der Waals surface area contributed by atoms with Gasteiger partial charge in [0.1, 0.15) is 10.1 Å². The molecule has 0 aliphatic heterocycles. The van der Waals surface area contributed by atoms with Crippen LogP contribution < -0.4 is 50.1 Å². The number of carbonyl (C=O) groups excluding carboxylic acids is 2. The summed E-state index contributed by atoms with van der Waals surface area (Å²) in [6, 6.07) is 11.8. The fourth-order valence-electron chi connectivity index (χ4n) is 3.67. The topological polar surface area (TPSA) is 148 Å². The second-order valence-electron chi connectivity index (χ2n) is 6.94. The van der Waals surface area contributed by atoms with E-state index in [0.717, 1.165) is 6.07 Å². The standard InChI is InChI=1S/C22H18N2O7S.Na/c1-30-15-8-7-11(9-16(15)31-2)24-14-10-17(32(27,28)29)20(23)19-18(14)21(25)12-5-3-4-6-13(12)22(19)26;/h3-10,24H,23H2,1-2H3,(H,27,28,29);/q;+1/p-1. The Hall–Kier alpha value is -2.89. The molecule has 0 aromatic heterocycles. The molecular weight excluding hydrogens is 459 g/mol. The van der Waals surface area contributed by atoms with Gasteiger partial charge < -0.3 is 25.1 Å². The number of rotatable bonds is 5. The second kappa shape index (κ2) is 9.16. The van der Waals surface area contributed by atoms with Crippen LogP contribution in [0.15, 0.2) is 53.4 Å². The first-order valence-electron chi connectivity index (χ1n) is 9.27. The SMILES string of the molecule is COc1ccc(Nc2cc(S(=O)(=O)[O-])c(N)c3c2C(=O)c2ccccc2C3=O)cc1OC.[Na+]. The number of methoxy groups -OCH3 is 2. The normalized spacial score (nSPS) is 12.3. The van der Waals surface area contributed by atoms with Crippen LogP contribution in [0, 0.1) is 0 Å². The van der Waals surface area contributed by atoms with Crippen LogP contribution in [0.4, 0.5) is 17.1 Å². The number of nitrogen functional groups attached to an aromatic ring is 1. The van der Waals surface area contributed by atoms with Gasteiger partial charge in [0.25, 0.3) is 0 Å². The van der Waals surface area contributed by atoms with E-state index in [2.05, 4.69) is 5.32 Å². The molecule has 164 valence electrons. The summed E-state index contributed by atoms with van der Waals surface area (Å²) in [5.74, 6) is -0.361. The van der Waals surface area contributed by atoms with Crippen LogP contribution >= 0.6 is 0 Å². The van der Waals surface area contributed by atoms with Gasteiger partial charge in [-0.15, -0.1) is 0 Å². The van der Waals surface area contributed by atoms with Gasteiger partial charge in [0.15, 0.2) is 23.1 Å². The molecule has 0 saturated carbocycles. The summed E-state index contributed by atoms with van der Waals surface area (Å²) in [5.41, 5.74) is 5.50. The summed E-state index contributed by atoms with van der Waals surface area (Å²) < 4.78 is 46.0. The molecule has 0 heterocycles. The van der Waals surface area contributed by atoms with Crippen LogP contribution in [-0.2, 0) is 10.1 Å². The first-order valence-corrected chi connectivity index (χ1v) is 10.7. The molecule has 11 heteroatoms. The van der Waals surface area contributed by atoms with Crippen LogP contribution in [0.3, 0.4) is 0 Å². The average Bonchev–Trinajstić information content (AvgIpc) is 2.77. The summed E-state index contributed by atoms with van der Waals surface area (Å²) in [6.45, 7) is 0. The third-order valence-electron chi connectivity index (χ3n) is 5.13. The van der Waals surface area contributed by atoms with E-state index in [-0.39, 0.29) is 57.5 Å². The van der Waals surface area contributed by atoms with Gasteiger partial charge in [-0.25, -0.2) is 8.42 Å². The summed E-state index contributed by atoms with van der Waals surface area (Å²) >= 11 is 0. The number of anilines is 3. The summed E-state index contributed by atoms with van der Waals surface area (Å²) in [4.78, 5) is 25.6. The number of nitrogens with two attached hydrogens (primary N) is 1. The molecule has 3 N–H and O–H groups in total. The van der Waals surface area contributed by atoms with Crippen molar-refractivity contribution in [3.05, 3.63) is 70.8 Å². The van der Waals surface area contributed by atoms with Crippen molar-refractivity contribution in [2.24, 2.45) is 0 Å². The van der Waals surface area contributed by atoms with Crippen molar-refractivity contribution in [2.45, 2.75) is 4.90 Å². The molecule has 3 aromatic rings. The van der Waals surface area contributed by atoms with E-state index in [1.807, 2.05) is 0 Å². The number of fused-ring (bicyclic) bond motifs is 2. The maximum atomic E-state index is 13.3. The Bertz CT molecular complexity index is 1400. The number of ether oxygens (including phenoxy) is 2. The number of carbonyl (C=O) groups is 2. The quantitative estimate of drug-likeness (QED) is 0.225. The second-order valence-corrected chi connectivity index (χ2v) is 8.29. The van der Waals surface area contributed by atoms with Crippen molar-refractivity contribution < 1.29 is 61.6 Å². The van der Waals surface area contributed by atoms with E-state index in [1.54, 1.807) is 30.3 Å². The van der Waals surface area contributed by atoms with Gasteiger partial charge in [-0.1, -0.05) is 24.3 Å². The van der Waals surface area contributed by atoms with E-state index >= 15 is 0 Å². The zero-order chi connectivity index (χ0) is 23.2. The first kappa shape index (κ1) is 24.7. The molecule has 1 aliphatic carbocycles. The fourth-order valence-corrected chi connectivity index (χ4v) is 4.30. The van der Waals surface area contributed by atoms with Crippen LogP contribution in [0.25, 0.3) is 0 Å². The molecule has 0 fully saturated rings. The molecule has 4 rings (SSSR count). The van der Waals surface area contributed by atoms with Crippen LogP contribution in [0.2, 0.25) is 0 Å². The Kier molecular flexibility index (Phi) is 6.87. The van der Waals surface area contributed by atoms with Gasteiger partial charge in [-0.05, 0) is 18.2 Å². The van der Waals surface area contributed by atoms with Crippen molar-refractivity contribution in [3.8, 4) is 11.5 Å². The van der Waals surface area contributed by atoms with E-state index in [1.165, 1.54) is 26.4 Å². The maximum absolute atomic E-state index is 13.3. The predicted molar refractivity (Wildman–Crippen MR) is 115 cm³/mol. The van der Waals surface area contributed by atoms with Gasteiger partial charge in [0.2, 0.25) is 0 Å². The molecule has 0 unspecified atom stereocenters. The number of nitrogens with one attached hydrogen (secondary N) is 1. The van der Waals surface area contributed by atoms with E-state index < -0.39 is 32.3 Å². The average molecular weight is 476 g/mol. The van der Waals surface area contributed by atoms with Crippen molar-refractivity contribution >= 4 is 38.7 Å². The fraction of sp³-hybridized carbons (Fsp3) is 0.0909. The van der Waals surface area contributed by atoms with Crippen LogP contribution in [0.1, 0.15) is 31.8 Å². The monoisotopic (exact) mass is 476 g/mol. The Morgan fingerprint density at radius 3 is 2.00 bits per heavy atom. The Labute approximate surface area is 211 Å². The van der Waals surface area contributed by atoms with Gasteiger partial charge in [0, 0.05) is 22.9 Å². The van der Waals surface area contributed by atoms with Crippen molar-refractivity contribution in [3.63, 3.8) is 0 Å². The predicted octanol–water partition coefficient (Wildman–Crippen LogP) is -0.287. The summed E-state index contributed by atoms with van der Waals surface area (Å²) in [6.07, 6.45) is 0. The number of ketones is 2. The minimum atomic E-state index is -5.05. The molecule has 0 radical (unpaired) electrons. The van der Waals surface area contributed by atoms with Crippen molar-refractivity contribution in [2.75, 3.05) is 25.3 Å². The molecular formula is C22H17N2NaO7S. The molecule has 0 atom stereocenters. The van der Waals surface area contributed by atoms with Crippen LogP contribution in [0.5, 0.6) is 11.5 Å². The summed E-state index contributed by atoms with van der Waals surface area (Å²) in [5, 5.41) is 2.91. The first-order chi connectivity index (χ1) is 15.2. The minimum Gasteiger partial charge on any atom is -0.744 e. The molecule has 33 heavy (non-hydrogen) atoms. The summed E-state index contributed by atoms with van der Waals surface area (Å²) in [7, 11) is -2.14.